The second kappa shape index (κ2) is 9.34. The van der Waals surface area contributed by atoms with Crippen molar-refractivity contribution in [2.45, 2.75) is 13.1 Å². The number of hydrogen-bond donors (Lipinski definition) is 2. The standard InChI is InChI=1S/C22H14F3N7O4S/c1-11-9-27-35-17(11)19(33)32(36-20(34)22(23,24)25)15-4-2-3-12(8-15)18-30-31-21(37-18)28-14-5-6-16-13(7-14)10-26-29-16/h2-10H,1H3,(H,26,29)(H,28,31). The van der Waals surface area contributed by atoms with E-state index in [0.717, 1.165) is 27.9 Å². The van der Waals surface area contributed by atoms with Crippen LogP contribution in [0.3, 0.4) is 0 Å². The molecule has 0 radical (unpaired) electrons. The van der Waals surface area contributed by atoms with Crippen molar-refractivity contribution >= 4 is 50.6 Å². The molecule has 0 unspecified atom stereocenters. The molecule has 188 valence electrons. The summed E-state index contributed by atoms with van der Waals surface area (Å²) in [5.74, 6) is -4.13. The third-order valence-electron chi connectivity index (χ3n) is 4.98. The molecule has 3 heterocycles. The first-order chi connectivity index (χ1) is 17.7. The number of H-pyrrole nitrogens is 1. The molecule has 0 saturated heterocycles. The number of carbonyl (C=O) groups is 2. The van der Waals surface area contributed by atoms with Crippen molar-refractivity contribution in [2.24, 2.45) is 0 Å². The van der Waals surface area contributed by atoms with E-state index < -0.39 is 23.8 Å². The monoisotopic (exact) mass is 529 g/mol. The first-order valence-corrected chi connectivity index (χ1v) is 11.2. The van der Waals surface area contributed by atoms with Crippen LogP contribution in [0, 0.1) is 6.92 Å². The number of benzene rings is 2. The van der Waals surface area contributed by atoms with Gasteiger partial charge in [0, 0.05) is 22.2 Å². The summed E-state index contributed by atoms with van der Waals surface area (Å²) in [7, 11) is 0. The summed E-state index contributed by atoms with van der Waals surface area (Å²) in [5.41, 5.74) is 2.08. The molecular formula is C22H14F3N7O4S. The normalized spacial score (nSPS) is 11.5. The lowest BCUT2D eigenvalue weighted by molar-refractivity contribution is -0.200. The molecule has 2 N–H and O–H groups in total. The molecule has 0 saturated carbocycles. The van der Waals surface area contributed by atoms with E-state index in [-0.39, 0.29) is 16.3 Å². The van der Waals surface area contributed by atoms with Crippen LogP contribution in [-0.2, 0) is 9.63 Å². The zero-order chi connectivity index (χ0) is 26.2. The number of nitrogens with one attached hydrogen (secondary N) is 2. The number of rotatable bonds is 5. The Labute approximate surface area is 208 Å². The van der Waals surface area contributed by atoms with Crippen molar-refractivity contribution in [3.05, 3.63) is 66.2 Å². The third kappa shape index (κ3) is 4.97. The van der Waals surface area contributed by atoms with Gasteiger partial charge in [-0.05, 0) is 37.3 Å². The molecule has 5 rings (SSSR count). The average molecular weight is 529 g/mol. The third-order valence-corrected chi connectivity index (χ3v) is 5.86. The van der Waals surface area contributed by atoms with Gasteiger partial charge in [-0.15, -0.1) is 15.3 Å². The minimum absolute atomic E-state index is 0.175. The van der Waals surface area contributed by atoms with Crippen molar-refractivity contribution in [1.29, 1.82) is 0 Å². The number of amides is 1. The smallest absolute Gasteiger partial charge is 0.351 e. The summed E-state index contributed by atoms with van der Waals surface area (Å²) < 4.78 is 43.6. The number of fused-ring (bicyclic) bond motifs is 1. The molecule has 37 heavy (non-hydrogen) atoms. The number of alkyl halides is 3. The molecule has 11 nitrogen and oxygen atoms in total. The Hall–Kier alpha value is -4.79. The molecule has 2 aromatic carbocycles. The first-order valence-electron chi connectivity index (χ1n) is 10.4. The minimum atomic E-state index is -5.34. The Kier molecular flexibility index (Phi) is 6.04. The predicted molar refractivity (Wildman–Crippen MR) is 125 cm³/mol. The quantitative estimate of drug-likeness (QED) is 0.308. The van der Waals surface area contributed by atoms with Gasteiger partial charge in [-0.2, -0.15) is 18.3 Å². The van der Waals surface area contributed by atoms with Crippen LogP contribution < -0.4 is 10.4 Å². The number of hydrogen-bond acceptors (Lipinski definition) is 10. The predicted octanol–water partition coefficient (Wildman–Crippen LogP) is 4.79. The van der Waals surface area contributed by atoms with Crippen molar-refractivity contribution in [3.8, 4) is 10.6 Å². The Bertz CT molecular complexity index is 1610. The van der Waals surface area contributed by atoms with Crippen molar-refractivity contribution < 1.29 is 32.1 Å². The highest BCUT2D eigenvalue weighted by Gasteiger charge is 2.44. The molecule has 0 atom stereocenters. The summed E-state index contributed by atoms with van der Waals surface area (Å²) in [4.78, 5) is 28.9. The van der Waals surface area contributed by atoms with Gasteiger partial charge in [0.25, 0.3) is 0 Å². The van der Waals surface area contributed by atoms with Gasteiger partial charge in [0.1, 0.15) is 5.01 Å². The van der Waals surface area contributed by atoms with Crippen LogP contribution in [0.4, 0.5) is 29.7 Å². The Balaban J connectivity index is 1.43. The molecule has 1 amide bonds. The Morgan fingerprint density at radius 3 is 2.73 bits per heavy atom. The average Bonchev–Trinajstić information content (AvgIpc) is 3.62. The molecule has 15 heteroatoms. The molecule has 3 aromatic heterocycles. The fourth-order valence-corrected chi connectivity index (χ4v) is 3.99. The summed E-state index contributed by atoms with van der Waals surface area (Å²) in [6.45, 7) is 1.46. The van der Waals surface area contributed by atoms with Crippen LogP contribution in [0.1, 0.15) is 16.1 Å². The Morgan fingerprint density at radius 2 is 1.97 bits per heavy atom. The molecule has 0 fully saturated rings. The van der Waals surface area contributed by atoms with Crippen molar-refractivity contribution in [3.63, 3.8) is 0 Å². The Morgan fingerprint density at radius 1 is 1.14 bits per heavy atom. The van der Waals surface area contributed by atoms with Gasteiger partial charge in [-0.1, -0.05) is 28.6 Å². The van der Waals surface area contributed by atoms with Crippen LogP contribution in [0.25, 0.3) is 21.5 Å². The maximum absolute atomic E-state index is 12.9. The minimum Gasteiger partial charge on any atom is -0.351 e. The second-order valence-corrected chi connectivity index (χ2v) is 8.55. The van der Waals surface area contributed by atoms with Crippen LogP contribution >= 0.6 is 11.3 Å². The number of aryl methyl sites for hydroxylation is 1. The maximum Gasteiger partial charge on any atom is 0.493 e. The molecule has 0 bridgehead atoms. The fraction of sp³-hybridized carbons (Fsp3) is 0.0909. The summed E-state index contributed by atoms with van der Waals surface area (Å²) in [5, 5.41) is 23.5. The van der Waals surface area contributed by atoms with Gasteiger partial charge in [0.15, 0.2) is 0 Å². The molecule has 0 aliphatic carbocycles. The zero-order valence-electron chi connectivity index (χ0n) is 18.6. The van der Waals surface area contributed by atoms with E-state index in [4.69, 9.17) is 4.52 Å². The largest absolute Gasteiger partial charge is 0.493 e. The molecule has 5 aromatic rings. The first kappa shape index (κ1) is 23.9. The topological polar surface area (TPSA) is 139 Å². The summed E-state index contributed by atoms with van der Waals surface area (Å²) in [6.07, 6.45) is -2.46. The lowest BCUT2D eigenvalue weighted by atomic mass is 10.2. The van der Waals surface area contributed by atoms with Crippen LogP contribution in [0.5, 0.6) is 0 Å². The summed E-state index contributed by atoms with van der Waals surface area (Å²) in [6, 6.07) is 11.2. The molecular weight excluding hydrogens is 515 g/mol. The van der Waals surface area contributed by atoms with E-state index in [2.05, 4.69) is 35.7 Å². The number of nitrogens with zero attached hydrogens (tertiary/aromatic N) is 5. The van der Waals surface area contributed by atoms with Gasteiger partial charge in [0.2, 0.25) is 10.9 Å². The van der Waals surface area contributed by atoms with Gasteiger partial charge in [0.05, 0.1) is 23.6 Å². The van der Waals surface area contributed by atoms with E-state index in [1.807, 2.05) is 18.2 Å². The molecule has 0 aliphatic rings. The van der Waals surface area contributed by atoms with E-state index in [9.17, 15) is 22.8 Å². The number of anilines is 3. The number of hydroxylamine groups is 1. The number of halogens is 3. The fourth-order valence-electron chi connectivity index (χ4n) is 3.23. The lowest BCUT2D eigenvalue weighted by Crippen LogP contribution is -2.39. The zero-order valence-corrected chi connectivity index (χ0v) is 19.4. The second-order valence-electron chi connectivity index (χ2n) is 7.57. The van der Waals surface area contributed by atoms with Gasteiger partial charge in [-0.25, -0.2) is 4.79 Å². The van der Waals surface area contributed by atoms with Crippen LogP contribution in [-0.4, -0.2) is 43.6 Å². The van der Waals surface area contributed by atoms with Gasteiger partial charge in [-0.3, -0.25) is 9.89 Å². The van der Waals surface area contributed by atoms with Gasteiger partial charge >= 0.3 is 18.1 Å². The van der Waals surface area contributed by atoms with Crippen molar-refractivity contribution in [1.82, 2.24) is 25.6 Å². The molecule has 0 spiro atoms. The highest BCUT2D eigenvalue weighted by Crippen LogP contribution is 2.32. The number of carbonyl (C=O) groups excluding carboxylic acids is 2. The van der Waals surface area contributed by atoms with Crippen LogP contribution in [0.15, 0.2) is 59.4 Å². The van der Waals surface area contributed by atoms with Crippen LogP contribution in [0.2, 0.25) is 0 Å². The SMILES string of the molecule is Cc1cnoc1C(=O)N(OC(=O)C(F)(F)F)c1cccc(-c2nnc(Nc3ccc4[nH]ncc4c3)s2)c1. The number of aromatic amines is 1. The van der Waals surface area contributed by atoms with E-state index in [1.165, 1.54) is 31.3 Å². The van der Waals surface area contributed by atoms with Crippen molar-refractivity contribution in [2.75, 3.05) is 10.4 Å². The highest BCUT2D eigenvalue weighted by molar-refractivity contribution is 7.18. The maximum atomic E-state index is 12.9. The highest BCUT2D eigenvalue weighted by atomic mass is 32.1. The number of aromatic nitrogens is 5. The summed E-state index contributed by atoms with van der Waals surface area (Å²) >= 11 is 1.16. The van der Waals surface area contributed by atoms with Gasteiger partial charge < -0.3 is 14.7 Å². The molecule has 0 aliphatic heterocycles. The van der Waals surface area contributed by atoms with E-state index >= 15 is 0 Å². The lowest BCUT2D eigenvalue weighted by Gasteiger charge is -2.21. The van der Waals surface area contributed by atoms with E-state index in [0.29, 0.717) is 15.7 Å². The van der Waals surface area contributed by atoms with E-state index in [1.54, 1.807) is 12.3 Å².